The summed E-state index contributed by atoms with van der Waals surface area (Å²) in [7, 11) is 0. The summed E-state index contributed by atoms with van der Waals surface area (Å²) in [4.78, 5) is 10.4. The first-order chi connectivity index (χ1) is 7.43. The average molecular weight is 230 g/mol. The third-order valence-electron chi connectivity index (χ3n) is 2.34. The Bertz CT molecular complexity index is 393. The zero-order chi connectivity index (χ0) is 12.3. The predicted molar refractivity (Wildman–Crippen MR) is 52.7 cm³/mol. The highest BCUT2D eigenvalue weighted by molar-refractivity contribution is 5.67. The van der Waals surface area contributed by atoms with Crippen LogP contribution in [0.4, 0.5) is 8.78 Å². The number of benzene rings is 1. The molecule has 0 aliphatic heterocycles. The molecule has 0 aliphatic carbocycles. The molecule has 0 bridgehead atoms. The van der Waals surface area contributed by atoms with Gasteiger partial charge in [-0.25, -0.2) is 8.78 Å². The van der Waals surface area contributed by atoms with Crippen molar-refractivity contribution in [2.24, 2.45) is 5.92 Å². The molecule has 88 valence electrons. The van der Waals surface area contributed by atoms with Gasteiger partial charge in [0.1, 0.15) is 0 Å². The maximum absolute atomic E-state index is 13.3. The zero-order valence-corrected chi connectivity index (χ0v) is 8.65. The summed E-state index contributed by atoms with van der Waals surface area (Å²) in [6, 6.07) is 3.44. The number of carboxylic acid groups (broad SMARTS) is 1. The standard InChI is InChI=1S/C11H12F2O3/c1-6(5-9(14)15)11(16)7-3-2-4-8(12)10(7)13/h2-4,6,11,16H,5H2,1H3,(H,14,15). The quantitative estimate of drug-likeness (QED) is 0.832. The second-order valence-corrected chi connectivity index (χ2v) is 3.66. The molecule has 2 N–H and O–H groups in total. The number of halogens is 2. The van der Waals surface area contributed by atoms with Gasteiger partial charge in [-0.1, -0.05) is 19.1 Å². The maximum Gasteiger partial charge on any atom is 0.303 e. The smallest absolute Gasteiger partial charge is 0.303 e. The molecule has 0 aromatic heterocycles. The zero-order valence-electron chi connectivity index (χ0n) is 8.65. The van der Waals surface area contributed by atoms with Crippen molar-refractivity contribution in [3.05, 3.63) is 35.4 Å². The van der Waals surface area contributed by atoms with Crippen LogP contribution in [0, 0.1) is 17.6 Å². The molecule has 1 rings (SSSR count). The number of aliphatic hydroxyl groups excluding tert-OH is 1. The third-order valence-corrected chi connectivity index (χ3v) is 2.34. The van der Waals surface area contributed by atoms with Crippen LogP contribution in [0.15, 0.2) is 18.2 Å². The van der Waals surface area contributed by atoms with Crippen molar-refractivity contribution in [2.45, 2.75) is 19.4 Å². The summed E-state index contributed by atoms with van der Waals surface area (Å²) in [5.41, 5.74) is -0.214. The molecule has 0 spiro atoms. The molecule has 0 amide bonds. The van der Waals surface area contributed by atoms with Gasteiger partial charge in [-0.05, 0) is 12.0 Å². The van der Waals surface area contributed by atoms with E-state index in [0.717, 1.165) is 6.07 Å². The monoisotopic (exact) mass is 230 g/mol. The van der Waals surface area contributed by atoms with Gasteiger partial charge in [0.05, 0.1) is 12.5 Å². The molecule has 1 aromatic carbocycles. The van der Waals surface area contributed by atoms with Gasteiger partial charge in [-0.15, -0.1) is 0 Å². The number of hydrogen-bond donors (Lipinski definition) is 2. The lowest BCUT2D eigenvalue weighted by Crippen LogP contribution is -2.15. The molecule has 0 heterocycles. The van der Waals surface area contributed by atoms with Gasteiger partial charge in [-0.3, -0.25) is 4.79 Å². The Labute approximate surface area is 91.3 Å². The first kappa shape index (κ1) is 12.6. The summed E-state index contributed by atoms with van der Waals surface area (Å²) >= 11 is 0. The first-order valence-corrected chi connectivity index (χ1v) is 4.77. The van der Waals surface area contributed by atoms with Crippen LogP contribution in [0.5, 0.6) is 0 Å². The number of aliphatic hydroxyl groups is 1. The van der Waals surface area contributed by atoms with Crippen molar-refractivity contribution in [3.63, 3.8) is 0 Å². The van der Waals surface area contributed by atoms with E-state index in [9.17, 15) is 18.7 Å². The van der Waals surface area contributed by atoms with Crippen LogP contribution >= 0.6 is 0 Å². The van der Waals surface area contributed by atoms with Crippen molar-refractivity contribution in [1.82, 2.24) is 0 Å². The first-order valence-electron chi connectivity index (χ1n) is 4.77. The minimum atomic E-state index is -1.33. The topological polar surface area (TPSA) is 57.5 Å². The van der Waals surface area contributed by atoms with Gasteiger partial charge < -0.3 is 10.2 Å². The van der Waals surface area contributed by atoms with Gasteiger partial charge in [-0.2, -0.15) is 0 Å². The summed E-state index contributed by atoms with van der Waals surface area (Å²) < 4.78 is 26.1. The molecule has 2 atom stereocenters. The lowest BCUT2D eigenvalue weighted by atomic mass is 9.94. The van der Waals surface area contributed by atoms with E-state index in [1.165, 1.54) is 19.1 Å². The van der Waals surface area contributed by atoms with Crippen LogP contribution in [0.2, 0.25) is 0 Å². The summed E-state index contributed by atoms with van der Waals surface area (Å²) in [5, 5.41) is 18.2. The van der Waals surface area contributed by atoms with Crippen LogP contribution < -0.4 is 0 Å². The van der Waals surface area contributed by atoms with Gasteiger partial charge in [0.25, 0.3) is 0 Å². The Kier molecular flexibility index (Phi) is 3.95. The lowest BCUT2D eigenvalue weighted by Gasteiger charge is -2.18. The van der Waals surface area contributed by atoms with Crippen molar-refractivity contribution >= 4 is 5.97 Å². The fourth-order valence-corrected chi connectivity index (χ4v) is 1.44. The number of rotatable bonds is 4. The van der Waals surface area contributed by atoms with Crippen LogP contribution in [0.1, 0.15) is 25.0 Å². The highest BCUT2D eigenvalue weighted by atomic mass is 19.2. The van der Waals surface area contributed by atoms with E-state index in [4.69, 9.17) is 5.11 Å². The number of aliphatic carboxylic acids is 1. The summed E-state index contributed by atoms with van der Waals surface area (Å²) in [5.74, 6) is -3.97. The van der Waals surface area contributed by atoms with E-state index < -0.39 is 29.6 Å². The number of hydrogen-bond acceptors (Lipinski definition) is 2. The minimum absolute atomic E-state index is 0.214. The Morgan fingerprint density at radius 2 is 2.06 bits per heavy atom. The van der Waals surface area contributed by atoms with E-state index in [2.05, 4.69) is 0 Å². The highest BCUT2D eigenvalue weighted by Gasteiger charge is 2.23. The SMILES string of the molecule is CC(CC(=O)O)C(O)c1cccc(F)c1F. The van der Waals surface area contributed by atoms with Crippen molar-refractivity contribution in [1.29, 1.82) is 0 Å². The van der Waals surface area contributed by atoms with Gasteiger partial charge in [0, 0.05) is 5.56 Å². The fraction of sp³-hybridized carbons (Fsp3) is 0.364. The lowest BCUT2D eigenvalue weighted by molar-refractivity contribution is -0.139. The Morgan fingerprint density at radius 1 is 1.44 bits per heavy atom. The Hall–Kier alpha value is -1.49. The van der Waals surface area contributed by atoms with Crippen molar-refractivity contribution < 1.29 is 23.8 Å². The molecule has 5 heteroatoms. The predicted octanol–water partition coefficient (Wildman–Crippen LogP) is 2.11. The molecule has 0 saturated heterocycles. The van der Waals surface area contributed by atoms with Crippen molar-refractivity contribution in [2.75, 3.05) is 0 Å². The molecule has 0 saturated carbocycles. The Morgan fingerprint density at radius 3 is 2.62 bits per heavy atom. The maximum atomic E-state index is 13.3. The normalized spacial score (nSPS) is 14.5. The number of carboxylic acids is 1. The van der Waals surface area contributed by atoms with E-state index in [1.807, 2.05) is 0 Å². The third kappa shape index (κ3) is 2.76. The van der Waals surface area contributed by atoms with Crippen LogP contribution in [0.3, 0.4) is 0 Å². The molecule has 0 aliphatic rings. The highest BCUT2D eigenvalue weighted by Crippen LogP contribution is 2.27. The van der Waals surface area contributed by atoms with E-state index in [1.54, 1.807) is 0 Å². The fourth-order valence-electron chi connectivity index (χ4n) is 1.44. The van der Waals surface area contributed by atoms with Crippen LogP contribution in [0.25, 0.3) is 0 Å². The van der Waals surface area contributed by atoms with E-state index >= 15 is 0 Å². The minimum Gasteiger partial charge on any atom is -0.481 e. The van der Waals surface area contributed by atoms with E-state index in [-0.39, 0.29) is 12.0 Å². The molecule has 2 unspecified atom stereocenters. The largest absolute Gasteiger partial charge is 0.481 e. The molecule has 0 fully saturated rings. The van der Waals surface area contributed by atoms with Crippen molar-refractivity contribution in [3.8, 4) is 0 Å². The molecule has 1 aromatic rings. The van der Waals surface area contributed by atoms with E-state index in [0.29, 0.717) is 0 Å². The molecular formula is C11H12F2O3. The average Bonchev–Trinajstić information content (AvgIpc) is 2.20. The Balaban J connectivity index is 2.91. The second kappa shape index (κ2) is 5.03. The van der Waals surface area contributed by atoms with Gasteiger partial charge in [0.15, 0.2) is 11.6 Å². The molecule has 16 heavy (non-hydrogen) atoms. The summed E-state index contributed by atoms with van der Waals surface area (Å²) in [6.07, 6.45) is -1.64. The summed E-state index contributed by atoms with van der Waals surface area (Å²) in [6.45, 7) is 1.46. The molecule has 3 nitrogen and oxygen atoms in total. The van der Waals surface area contributed by atoms with Crippen LogP contribution in [-0.4, -0.2) is 16.2 Å². The van der Waals surface area contributed by atoms with Crippen LogP contribution in [-0.2, 0) is 4.79 Å². The second-order valence-electron chi connectivity index (χ2n) is 3.66. The van der Waals surface area contributed by atoms with Gasteiger partial charge in [0.2, 0.25) is 0 Å². The molecule has 0 radical (unpaired) electrons. The number of carbonyl (C=O) groups is 1. The molecular weight excluding hydrogens is 218 g/mol. The van der Waals surface area contributed by atoms with Gasteiger partial charge >= 0.3 is 5.97 Å².